The highest BCUT2D eigenvalue weighted by Crippen LogP contribution is 2.41. The summed E-state index contributed by atoms with van der Waals surface area (Å²) in [5.41, 5.74) is 11.1. The molecule has 0 saturated carbocycles. The molecule has 0 aliphatic heterocycles. The maximum Gasteiger partial charge on any atom is 0.179 e. The van der Waals surface area contributed by atoms with Crippen LogP contribution in [0.4, 0.5) is 5.82 Å². The summed E-state index contributed by atoms with van der Waals surface area (Å²) < 4.78 is 11.1. The zero-order valence-corrected chi connectivity index (χ0v) is 18.0. The molecule has 0 fully saturated rings. The van der Waals surface area contributed by atoms with Crippen molar-refractivity contribution in [3.05, 3.63) is 58.4 Å². The molecule has 0 saturated heterocycles. The number of nitrogen functional groups attached to an aromatic ring is 1. The fourth-order valence-electron chi connectivity index (χ4n) is 4.25. The quantitative estimate of drug-likeness (QED) is 0.477. The number of nitrogens with zero attached hydrogens (tertiary/aromatic N) is 3. The SMILES string of the molecule is CCOc1c(Cl)cc(-c2n[nH]c3nc(C4Cc5ccccc5C4)nc(N)c23)cc1OC. The van der Waals surface area contributed by atoms with Gasteiger partial charge in [-0.1, -0.05) is 35.9 Å². The van der Waals surface area contributed by atoms with Crippen LogP contribution in [-0.2, 0) is 12.8 Å². The topological polar surface area (TPSA) is 98.9 Å². The summed E-state index contributed by atoms with van der Waals surface area (Å²) in [4.78, 5) is 9.42. The lowest BCUT2D eigenvalue weighted by atomic mass is 10.0. The van der Waals surface area contributed by atoms with Gasteiger partial charge in [0.2, 0.25) is 0 Å². The third-order valence-corrected chi connectivity index (χ3v) is 5.95. The molecule has 5 rings (SSSR count). The summed E-state index contributed by atoms with van der Waals surface area (Å²) in [5.74, 6) is 2.36. The van der Waals surface area contributed by atoms with Gasteiger partial charge in [-0.05, 0) is 43.0 Å². The van der Waals surface area contributed by atoms with E-state index in [9.17, 15) is 0 Å². The molecule has 158 valence electrons. The van der Waals surface area contributed by atoms with E-state index in [1.165, 1.54) is 11.1 Å². The molecule has 0 radical (unpaired) electrons. The number of ether oxygens (including phenoxy) is 2. The molecule has 31 heavy (non-hydrogen) atoms. The summed E-state index contributed by atoms with van der Waals surface area (Å²) in [7, 11) is 1.57. The zero-order valence-electron chi connectivity index (χ0n) is 17.3. The Morgan fingerprint density at radius 2 is 1.90 bits per heavy atom. The Kier molecular flexibility index (Phi) is 4.90. The van der Waals surface area contributed by atoms with Crippen LogP contribution in [0.3, 0.4) is 0 Å². The Morgan fingerprint density at radius 3 is 2.58 bits per heavy atom. The standard InChI is InChI=1S/C23H22ClN5O2/c1-3-31-20-16(24)10-14(11-17(20)30-2)19-18-21(25)26-22(27-23(18)29-28-19)15-8-12-6-4-5-7-13(12)9-15/h4-7,10-11,15H,3,8-9H2,1-2H3,(H3,25,26,27,28,29). The van der Waals surface area contributed by atoms with Crippen molar-refractivity contribution in [3.8, 4) is 22.8 Å². The van der Waals surface area contributed by atoms with Gasteiger partial charge in [0.05, 0.1) is 24.1 Å². The predicted molar refractivity (Wildman–Crippen MR) is 121 cm³/mol. The van der Waals surface area contributed by atoms with Crippen molar-refractivity contribution in [1.29, 1.82) is 0 Å². The number of aromatic nitrogens is 4. The number of fused-ring (bicyclic) bond motifs is 2. The summed E-state index contributed by atoms with van der Waals surface area (Å²) in [6, 6.07) is 12.1. The van der Waals surface area contributed by atoms with E-state index in [4.69, 9.17) is 31.8 Å². The zero-order chi connectivity index (χ0) is 21.5. The van der Waals surface area contributed by atoms with Crippen molar-refractivity contribution in [2.24, 2.45) is 0 Å². The van der Waals surface area contributed by atoms with Gasteiger partial charge in [0.15, 0.2) is 17.1 Å². The number of hydrogen-bond acceptors (Lipinski definition) is 6. The van der Waals surface area contributed by atoms with Gasteiger partial charge in [0, 0.05) is 11.5 Å². The first kappa shape index (κ1) is 19.6. The van der Waals surface area contributed by atoms with Gasteiger partial charge >= 0.3 is 0 Å². The fourth-order valence-corrected chi connectivity index (χ4v) is 4.51. The van der Waals surface area contributed by atoms with Crippen LogP contribution >= 0.6 is 11.6 Å². The van der Waals surface area contributed by atoms with Crippen LogP contribution in [0.5, 0.6) is 11.5 Å². The lowest BCUT2D eigenvalue weighted by Crippen LogP contribution is -2.07. The van der Waals surface area contributed by atoms with Crippen LogP contribution in [0.1, 0.15) is 29.8 Å². The average molecular weight is 436 g/mol. The molecule has 3 N–H and O–H groups in total. The summed E-state index contributed by atoms with van der Waals surface area (Å²) in [6.45, 7) is 2.37. The van der Waals surface area contributed by atoms with Gasteiger partial charge < -0.3 is 15.2 Å². The Labute approximate surface area is 184 Å². The van der Waals surface area contributed by atoms with Gasteiger partial charge in [0.25, 0.3) is 0 Å². The second-order valence-electron chi connectivity index (χ2n) is 7.56. The molecule has 0 atom stereocenters. The van der Waals surface area contributed by atoms with Crippen LogP contribution < -0.4 is 15.2 Å². The smallest absolute Gasteiger partial charge is 0.179 e. The molecule has 4 aromatic rings. The van der Waals surface area contributed by atoms with Crippen LogP contribution in [0.25, 0.3) is 22.3 Å². The highest BCUT2D eigenvalue weighted by Gasteiger charge is 2.27. The number of methoxy groups -OCH3 is 1. The summed E-state index contributed by atoms with van der Waals surface area (Å²) in [5, 5.41) is 8.58. The highest BCUT2D eigenvalue weighted by molar-refractivity contribution is 6.32. The fraction of sp³-hybridized carbons (Fsp3) is 0.261. The normalized spacial score (nSPS) is 13.5. The van der Waals surface area contributed by atoms with Gasteiger partial charge in [-0.15, -0.1) is 0 Å². The molecule has 1 aliphatic carbocycles. The van der Waals surface area contributed by atoms with Crippen molar-refractivity contribution in [2.75, 3.05) is 19.5 Å². The number of anilines is 1. The van der Waals surface area contributed by atoms with Gasteiger partial charge in [-0.3, -0.25) is 5.10 Å². The highest BCUT2D eigenvalue weighted by atomic mass is 35.5. The Hall–Kier alpha value is -3.32. The molecule has 2 aromatic heterocycles. The monoisotopic (exact) mass is 435 g/mol. The van der Waals surface area contributed by atoms with Crippen molar-refractivity contribution in [3.63, 3.8) is 0 Å². The van der Waals surface area contributed by atoms with E-state index in [1.807, 2.05) is 13.0 Å². The van der Waals surface area contributed by atoms with Gasteiger partial charge in [-0.2, -0.15) is 5.10 Å². The van der Waals surface area contributed by atoms with E-state index >= 15 is 0 Å². The lowest BCUT2D eigenvalue weighted by molar-refractivity contribution is 0.311. The third kappa shape index (κ3) is 3.35. The number of halogens is 1. The molecule has 2 heterocycles. The number of hydrogen-bond donors (Lipinski definition) is 2. The molecule has 8 heteroatoms. The molecular formula is C23H22ClN5O2. The van der Waals surface area contributed by atoms with Crippen molar-refractivity contribution >= 4 is 28.5 Å². The molecule has 1 aliphatic rings. The van der Waals surface area contributed by atoms with Crippen LogP contribution in [-0.4, -0.2) is 33.9 Å². The maximum atomic E-state index is 6.45. The minimum absolute atomic E-state index is 0.205. The van der Waals surface area contributed by atoms with Gasteiger partial charge in [-0.25, -0.2) is 9.97 Å². The second kappa shape index (κ2) is 7.74. The summed E-state index contributed by atoms with van der Waals surface area (Å²) in [6.07, 6.45) is 1.82. The van der Waals surface area contributed by atoms with E-state index in [-0.39, 0.29) is 5.92 Å². The van der Waals surface area contributed by atoms with E-state index in [0.717, 1.165) is 24.2 Å². The molecule has 7 nitrogen and oxygen atoms in total. The van der Waals surface area contributed by atoms with Crippen LogP contribution in [0.2, 0.25) is 5.02 Å². The number of nitrogens with two attached hydrogens (primary N) is 1. The third-order valence-electron chi connectivity index (χ3n) is 5.67. The van der Waals surface area contributed by atoms with Crippen molar-refractivity contribution in [1.82, 2.24) is 20.2 Å². The molecule has 0 amide bonds. The van der Waals surface area contributed by atoms with Gasteiger partial charge in [0.1, 0.15) is 17.3 Å². The Bertz CT molecular complexity index is 1260. The first-order valence-electron chi connectivity index (χ1n) is 10.2. The Balaban J connectivity index is 1.55. The largest absolute Gasteiger partial charge is 0.493 e. The first-order valence-corrected chi connectivity index (χ1v) is 10.6. The molecule has 2 aromatic carbocycles. The number of rotatable bonds is 5. The van der Waals surface area contributed by atoms with E-state index in [1.54, 1.807) is 13.2 Å². The second-order valence-corrected chi connectivity index (χ2v) is 7.97. The Morgan fingerprint density at radius 1 is 1.16 bits per heavy atom. The van der Waals surface area contributed by atoms with Crippen LogP contribution in [0.15, 0.2) is 36.4 Å². The maximum absolute atomic E-state index is 6.45. The number of nitrogens with one attached hydrogen (secondary N) is 1. The summed E-state index contributed by atoms with van der Waals surface area (Å²) >= 11 is 6.45. The lowest BCUT2D eigenvalue weighted by Gasteiger charge is -2.13. The molecule has 0 bridgehead atoms. The predicted octanol–water partition coefficient (Wildman–Crippen LogP) is 4.55. The van der Waals surface area contributed by atoms with E-state index in [0.29, 0.717) is 45.7 Å². The molecular weight excluding hydrogens is 414 g/mol. The minimum atomic E-state index is 0.205. The number of aromatic amines is 1. The first-order chi connectivity index (χ1) is 15.1. The molecule has 0 unspecified atom stereocenters. The minimum Gasteiger partial charge on any atom is -0.493 e. The molecule has 0 spiro atoms. The number of H-pyrrole nitrogens is 1. The van der Waals surface area contributed by atoms with E-state index < -0.39 is 0 Å². The van der Waals surface area contributed by atoms with Crippen molar-refractivity contribution < 1.29 is 9.47 Å². The van der Waals surface area contributed by atoms with Crippen molar-refractivity contribution in [2.45, 2.75) is 25.7 Å². The average Bonchev–Trinajstić information content (AvgIpc) is 3.39. The van der Waals surface area contributed by atoms with E-state index in [2.05, 4.69) is 39.4 Å². The van der Waals surface area contributed by atoms with Crippen LogP contribution in [0, 0.1) is 0 Å². The number of benzene rings is 2.